The van der Waals surface area contributed by atoms with Crippen LogP contribution in [0, 0.1) is 0 Å². The topological polar surface area (TPSA) is 101 Å². The zero-order chi connectivity index (χ0) is 9.47. The first-order valence-electron chi connectivity index (χ1n) is 3.31. The molecular formula is C5H5N5O2S. The maximum absolute atomic E-state index is 11.0. The minimum atomic E-state index is -3.38. The molecule has 0 aliphatic carbocycles. The van der Waals surface area contributed by atoms with Gasteiger partial charge in [-0.25, -0.2) is 13.4 Å². The molecule has 0 radical (unpaired) electrons. The highest BCUT2D eigenvalue weighted by molar-refractivity contribution is 7.90. The monoisotopic (exact) mass is 199 g/mol. The van der Waals surface area contributed by atoms with Crippen LogP contribution in [0.3, 0.4) is 0 Å². The molecule has 0 aromatic carbocycles. The lowest BCUT2D eigenvalue weighted by Crippen LogP contribution is -2.03. The maximum atomic E-state index is 11.0. The van der Waals surface area contributed by atoms with Crippen molar-refractivity contribution >= 4 is 21.0 Å². The van der Waals surface area contributed by atoms with E-state index in [9.17, 15) is 8.42 Å². The summed E-state index contributed by atoms with van der Waals surface area (Å²) in [5, 5.41) is 9.40. The van der Waals surface area contributed by atoms with E-state index in [2.05, 4.69) is 25.4 Å². The molecule has 1 N–H and O–H groups in total. The molecule has 0 aliphatic rings. The Kier molecular flexibility index (Phi) is 1.52. The lowest BCUT2D eigenvalue weighted by molar-refractivity contribution is 0.593. The Bertz CT molecular complexity index is 545. The van der Waals surface area contributed by atoms with Crippen molar-refractivity contribution in [3.05, 3.63) is 6.20 Å². The van der Waals surface area contributed by atoms with Crippen molar-refractivity contribution in [2.24, 2.45) is 0 Å². The van der Waals surface area contributed by atoms with Crippen LogP contribution in [0.4, 0.5) is 0 Å². The van der Waals surface area contributed by atoms with Crippen molar-refractivity contribution < 1.29 is 8.42 Å². The molecule has 0 saturated heterocycles. The Morgan fingerprint density at radius 3 is 2.85 bits per heavy atom. The Labute approximate surface area is 73.1 Å². The molecule has 2 heterocycles. The lowest BCUT2D eigenvalue weighted by Gasteiger charge is -1.92. The van der Waals surface area contributed by atoms with E-state index in [0.717, 1.165) is 6.26 Å². The second kappa shape index (κ2) is 2.46. The molecule has 8 heteroatoms. The predicted molar refractivity (Wildman–Crippen MR) is 42.6 cm³/mol. The van der Waals surface area contributed by atoms with E-state index >= 15 is 0 Å². The average Bonchev–Trinajstić information content (AvgIpc) is 2.47. The largest absolute Gasteiger partial charge is 0.248 e. The van der Waals surface area contributed by atoms with Crippen LogP contribution in [0.15, 0.2) is 11.4 Å². The highest BCUT2D eigenvalue weighted by Crippen LogP contribution is 2.06. The standard InChI is InChI=1S/C5H5N5O2S/c1-13(11,12)5-6-2-3-4(7-5)9-10-8-3/h2H,1H3,(H,6,7,8,9,10). The third kappa shape index (κ3) is 1.35. The van der Waals surface area contributed by atoms with Crippen LogP contribution in [0.2, 0.25) is 0 Å². The van der Waals surface area contributed by atoms with Gasteiger partial charge in [-0.2, -0.15) is 15.3 Å². The summed E-state index contributed by atoms with van der Waals surface area (Å²) in [5.41, 5.74) is 0.683. The minimum Gasteiger partial charge on any atom is -0.224 e. The van der Waals surface area contributed by atoms with E-state index in [4.69, 9.17) is 0 Å². The number of hydrogen-bond acceptors (Lipinski definition) is 6. The third-order valence-corrected chi connectivity index (χ3v) is 2.25. The van der Waals surface area contributed by atoms with Gasteiger partial charge >= 0.3 is 0 Å². The zero-order valence-corrected chi connectivity index (χ0v) is 7.41. The molecule has 0 fully saturated rings. The normalized spacial score (nSPS) is 12.1. The van der Waals surface area contributed by atoms with Crippen LogP contribution in [0.25, 0.3) is 11.2 Å². The van der Waals surface area contributed by atoms with Crippen LogP contribution in [-0.4, -0.2) is 40.1 Å². The first-order valence-corrected chi connectivity index (χ1v) is 5.20. The van der Waals surface area contributed by atoms with Crippen molar-refractivity contribution in [2.45, 2.75) is 5.16 Å². The van der Waals surface area contributed by atoms with Gasteiger partial charge in [0.1, 0.15) is 5.52 Å². The summed E-state index contributed by atoms with van der Waals surface area (Å²) < 4.78 is 22.0. The Morgan fingerprint density at radius 1 is 1.38 bits per heavy atom. The molecule has 0 spiro atoms. The number of fused-ring (bicyclic) bond motifs is 1. The quantitative estimate of drug-likeness (QED) is 0.600. The Hall–Kier alpha value is -1.57. The minimum absolute atomic E-state index is 0.242. The number of sulfone groups is 1. The molecule has 0 amide bonds. The van der Waals surface area contributed by atoms with Gasteiger partial charge in [-0.15, -0.1) is 5.10 Å². The fourth-order valence-corrected chi connectivity index (χ4v) is 1.31. The molecule has 0 atom stereocenters. The van der Waals surface area contributed by atoms with Gasteiger partial charge in [0.05, 0.1) is 6.20 Å². The van der Waals surface area contributed by atoms with Crippen LogP contribution in [-0.2, 0) is 9.84 Å². The molecule has 2 aromatic heterocycles. The van der Waals surface area contributed by atoms with Crippen molar-refractivity contribution in [2.75, 3.05) is 6.26 Å². The SMILES string of the molecule is CS(=O)(=O)c1ncc2n[nH]nc2n1. The zero-order valence-electron chi connectivity index (χ0n) is 6.59. The molecule has 0 unspecified atom stereocenters. The number of rotatable bonds is 1. The molecule has 2 aromatic rings. The van der Waals surface area contributed by atoms with E-state index in [1.807, 2.05) is 0 Å². The number of nitrogens with zero attached hydrogens (tertiary/aromatic N) is 4. The summed E-state index contributed by atoms with van der Waals surface area (Å²) >= 11 is 0. The van der Waals surface area contributed by atoms with Crippen molar-refractivity contribution in [3.8, 4) is 0 Å². The molecule has 0 saturated carbocycles. The van der Waals surface area contributed by atoms with Gasteiger partial charge in [0.2, 0.25) is 20.6 Å². The maximum Gasteiger partial charge on any atom is 0.248 e. The summed E-state index contributed by atoms with van der Waals surface area (Å²) in [4.78, 5) is 7.33. The highest BCUT2D eigenvalue weighted by atomic mass is 32.2. The summed E-state index contributed by atoms with van der Waals surface area (Å²) in [7, 11) is -3.38. The number of hydrogen-bond donors (Lipinski definition) is 1. The lowest BCUT2D eigenvalue weighted by atomic mass is 10.6. The number of H-pyrrole nitrogens is 1. The molecule has 0 bridgehead atoms. The van der Waals surface area contributed by atoms with E-state index in [0.29, 0.717) is 5.52 Å². The first kappa shape index (κ1) is 8.05. The molecule has 2 rings (SSSR count). The van der Waals surface area contributed by atoms with E-state index in [1.165, 1.54) is 6.20 Å². The van der Waals surface area contributed by atoms with Crippen molar-refractivity contribution in [1.82, 2.24) is 25.4 Å². The van der Waals surface area contributed by atoms with Gasteiger partial charge in [-0.3, -0.25) is 0 Å². The van der Waals surface area contributed by atoms with Gasteiger partial charge in [0.15, 0.2) is 0 Å². The molecule has 7 nitrogen and oxygen atoms in total. The van der Waals surface area contributed by atoms with Gasteiger partial charge in [-0.1, -0.05) is 0 Å². The van der Waals surface area contributed by atoms with Crippen LogP contribution in [0.5, 0.6) is 0 Å². The molecular weight excluding hydrogens is 194 g/mol. The van der Waals surface area contributed by atoms with Gasteiger partial charge < -0.3 is 0 Å². The van der Waals surface area contributed by atoms with E-state index in [1.54, 1.807) is 0 Å². The number of nitrogens with one attached hydrogen (secondary N) is 1. The van der Waals surface area contributed by atoms with Crippen LogP contribution < -0.4 is 0 Å². The second-order valence-electron chi connectivity index (χ2n) is 2.46. The van der Waals surface area contributed by atoms with Gasteiger partial charge in [0, 0.05) is 6.26 Å². The Morgan fingerprint density at radius 2 is 2.15 bits per heavy atom. The highest BCUT2D eigenvalue weighted by Gasteiger charge is 2.12. The predicted octanol–water partition coefficient (Wildman–Crippen LogP) is -0.849. The second-order valence-corrected chi connectivity index (χ2v) is 4.37. The summed E-state index contributed by atoms with van der Waals surface area (Å²) in [6.07, 6.45) is 2.34. The Balaban J connectivity index is 2.75. The number of aromatic nitrogens is 5. The average molecular weight is 199 g/mol. The van der Waals surface area contributed by atoms with E-state index < -0.39 is 9.84 Å². The van der Waals surface area contributed by atoms with Crippen LogP contribution >= 0.6 is 0 Å². The first-order chi connectivity index (χ1) is 6.07. The molecule has 13 heavy (non-hydrogen) atoms. The molecule has 0 aliphatic heterocycles. The van der Waals surface area contributed by atoms with E-state index in [-0.39, 0.29) is 10.8 Å². The van der Waals surface area contributed by atoms with Crippen molar-refractivity contribution in [3.63, 3.8) is 0 Å². The van der Waals surface area contributed by atoms with Gasteiger partial charge in [0.25, 0.3) is 0 Å². The van der Waals surface area contributed by atoms with Crippen LogP contribution in [0.1, 0.15) is 0 Å². The summed E-state index contributed by atoms with van der Waals surface area (Å²) in [5.74, 6) is 0. The fraction of sp³-hybridized carbons (Fsp3) is 0.200. The summed E-state index contributed by atoms with van der Waals surface area (Å²) in [6, 6.07) is 0. The molecule has 68 valence electrons. The summed E-state index contributed by atoms with van der Waals surface area (Å²) in [6.45, 7) is 0. The fourth-order valence-electron chi connectivity index (χ4n) is 0.817. The number of aromatic amines is 1. The van der Waals surface area contributed by atoms with Gasteiger partial charge in [-0.05, 0) is 0 Å². The smallest absolute Gasteiger partial charge is 0.224 e. The third-order valence-electron chi connectivity index (χ3n) is 1.39. The van der Waals surface area contributed by atoms with Crippen molar-refractivity contribution in [1.29, 1.82) is 0 Å².